The van der Waals surface area contributed by atoms with Crippen LogP contribution in [0.5, 0.6) is 0 Å². The molecular weight excluding hydrogens is 246 g/mol. The second-order valence-electron chi connectivity index (χ2n) is 4.45. The fourth-order valence-electron chi connectivity index (χ4n) is 1.48. The van der Waals surface area contributed by atoms with Crippen molar-refractivity contribution >= 4 is 5.82 Å². The minimum atomic E-state index is -0.544. The number of unbranched alkanes of at least 4 members (excludes halogenated alkanes) is 1. The largest absolute Gasteiger partial charge is 0.389 e. The summed E-state index contributed by atoms with van der Waals surface area (Å²) in [6, 6.07) is 1.86. The Morgan fingerprint density at radius 3 is 2.84 bits per heavy atom. The summed E-state index contributed by atoms with van der Waals surface area (Å²) < 4.78 is 12.4. The molecule has 0 radical (unpaired) electrons. The van der Waals surface area contributed by atoms with Crippen molar-refractivity contribution < 1.29 is 14.6 Å². The average molecular weight is 271 g/mol. The van der Waals surface area contributed by atoms with Crippen LogP contribution in [0, 0.1) is 0 Å². The lowest BCUT2D eigenvalue weighted by Gasteiger charge is -2.12. The molecule has 1 aromatic rings. The maximum atomic E-state index is 9.70. The third kappa shape index (κ3) is 7.81. The van der Waals surface area contributed by atoms with E-state index < -0.39 is 6.10 Å². The summed E-state index contributed by atoms with van der Waals surface area (Å²) >= 11 is 0. The van der Waals surface area contributed by atoms with Gasteiger partial charge in [0.05, 0.1) is 25.9 Å². The minimum Gasteiger partial charge on any atom is -0.389 e. The number of ether oxygens (including phenoxy) is 2. The van der Waals surface area contributed by atoms with E-state index in [4.69, 9.17) is 9.47 Å². The predicted molar refractivity (Wildman–Crippen MR) is 74.3 cm³/mol. The number of hydrogen-bond acceptors (Lipinski definition) is 5. The van der Waals surface area contributed by atoms with Crippen molar-refractivity contribution in [3.05, 3.63) is 12.3 Å². The molecule has 2 N–H and O–H groups in total. The summed E-state index contributed by atoms with van der Waals surface area (Å²) in [4.78, 5) is 0. The number of rotatable bonds is 11. The second-order valence-corrected chi connectivity index (χ2v) is 4.45. The number of hydrogen-bond donors (Lipinski definition) is 2. The Balaban J connectivity index is 1.94. The van der Waals surface area contributed by atoms with Crippen LogP contribution in [0.3, 0.4) is 0 Å². The van der Waals surface area contributed by atoms with Gasteiger partial charge in [0.2, 0.25) is 0 Å². The normalized spacial score (nSPS) is 12.6. The maximum absolute atomic E-state index is 9.70. The van der Waals surface area contributed by atoms with Crippen molar-refractivity contribution in [2.75, 3.05) is 38.3 Å². The SMILES string of the molecule is CCCCOCCOCC(O)CNc1ccn(C)n1. The molecule has 1 unspecified atom stereocenters. The van der Waals surface area contributed by atoms with Crippen LogP contribution in [-0.2, 0) is 16.5 Å². The van der Waals surface area contributed by atoms with Gasteiger partial charge in [-0.05, 0) is 6.42 Å². The van der Waals surface area contributed by atoms with Gasteiger partial charge in [-0.1, -0.05) is 13.3 Å². The summed E-state index contributed by atoms with van der Waals surface area (Å²) in [5.41, 5.74) is 0. The Morgan fingerprint density at radius 1 is 1.37 bits per heavy atom. The molecule has 0 saturated carbocycles. The molecule has 110 valence electrons. The van der Waals surface area contributed by atoms with Gasteiger partial charge >= 0.3 is 0 Å². The number of aliphatic hydroxyl groups excluding tert-OH is 1. The molecule has 1 aromatic heterocycles. The fraction of sp³-hybridized carbons (Fsp3) is 0.769. The van der Waals surface area contributed by atoms with Crippen molar-refractivity contribution in [2.45, 2.75) is 25.9 Å². The Morgan fingerprint density at radius 2 is 2.16 bits per heavy atom. The summed E-state index contributed by atoms with van der Waals surface area (Å²) in [5, 5.41) is 16.9. The Labute approximate surface area is 114 Å². The number of aliphatic hydroxyl groups is 1. The Hall–Kier alpha value is -1.11. The van der Waals surface area contributed by atoms with Gasteiger partial charge in [0, 0.05) is 32.5 Å². The van der Waals surface area contributed by atoms with Crippen molar-refractivity contribution in [1.82, 2.24) is 9.78 Å². The van der Waals surface area contributed by atoms with Gasteiger partial charge < -0.3 is 19.9 Å². The quantitative estimate of drug-likeness (QED) is 0.588. The van der Waals surface area contributed by atoms with E-state index >= 15 is 0 Å². The summed E-state index contributed by atoms with van der Waals surface area (Å²) in [7, 11) is 1.85. The van der Waals surface area contributed by atoms with Crippen molar-refractivity contribution in [3.8, 4) is 0 Å². The molecule has 0 saturated heterocycles. The molecule has 0 aromatic carbocycles. The molecule has 0 spiro atoms. The van der Waals surface area contributed by atoms with Crippen LogP contribution in [-0.4, -0.2) is 54.0 Å². The summed E-state index contributed by atoms with van der Waals surface area (Å²) in [6.07, 6.45) is 3.52. The highest BCUT2D eigenvalue weighted by molar-refractivity contribution is 5.31. The molecule has 0 bridgehead atoms. The van der Waals surface area contributed by atoms with Crippen LogP contribution in [0.2, 0.25) is 0 Å². The standard InChI is InChI=1S/C13H25N3O3/c1-3-4-7-18-8-9-19-11-12(17)10-14-13-5-6-16(2)15-13/h5-6,12,17H,3-4,7-11H2,1-2H3,(H,14,15). The molecule has 0 amide bonds. The zero-order chi connectivity index (χ0) is 13.9. The predicted octanol–water partition coefficient (Wildman–Crippen LogP) is 1.03. The highest BCUT2D eigenvalue weighted by Gasteiger charge is 2.05. The van der Waals surface area contributed by atoms with Crippen LogP contribution >= 0.6 is 0 Å². The average Bonchev–Trinajstić information content (AvgIpc) is 2.81. The molecule has 0 aliphatic heterocycles. The monoisotopic (exact) mass is 271 g/mol. The van der Waals surface area contributed by atoms with E-state index in [0.29, 0.717) is 26.4 Å². The minimum absolute atomic E-state index is 0.303. The van der Waals surface area contributed by atoms with Gasteiger partial charge in [-0.25, -0.2) is 0 Å². The highest BCUT2D eigenvalue weighted by atomic mass is 16.5. The van der Waals surface area contributed by atoms with E-state index in [9.17, 15) is 5.11 Å². The number of aromatic nitrogens is 2. The van der Waals surface area contributed by atoms with Crippen LogP contribution in [0.1, 0.15) is 19.8 Å². The molecule has 1 rings (SSSR count). The zero-order valence-electron chi connectivity index (χ0n) is 11.8. The van der Waals surface area contributed by atoms with Gasteiger partial charge in [0.15, 0.2) is 0 Å². The summed E-state index contributed by atoms with van der Waals surface area (Å²) in [5.74, 6) is 0.754. The smallest absolute Gasteiger partial charge is 0.148 e. The van der Waals surface area contributed by atoms with Crippen LogP contribution in [0.4, 0.5) is 5.82 Å². The van der Waals surface area contributed by atoms with Crippen molar-refractivity contribution in [2.24, 2.45) is 7.05 Å². The first-order valence-electron chi connectivity index (χ1n) is 6.79. The number of nitrogens with zero attached hydrogens (tertiary/aromatic N) is 2. The molecule has 0 aliphatic rings. The lowest BCUT2D eigenvalue weighted by molar-refractivity contribution is 0.00747. The fourth-order valence-corrected chi connectivity index (χ4v) is 1.48. The van der Waals surface area contributed by atoms with Gasteiger partial charge in [-0.3, -0.25) is 4.68 Å². The topological polar surface area (TPSA) is 68.5 Å². The van der Waals surface area contributed by atoms with Gasteiger partial charge in [0.25, 0.3) is 0 Å². The summed E-state index contributed by atoms with van der Waals surface area (Å²) in [6.45, 7) is 4.74. The van der Waals surface area contributed by atoms with E-state index in [0.717, 1.165) is 25.3 Å². The molecule has 1 atom stereocenters. The number of nitrogens with one attached hydrogen (secondary N) is 1. The van der Waals surface area contributed by atoms with Crippen LogP contribution < -0.4 is 5.32 Å². The van der Waals surface area contributed by atoms with E-state index in [2.05, 4.69) is 17.3 Å². The lowest BCUT2D eigenvalue weighted by Crippen LogP contribution is -2.25. The van der Waals surface area contributed by atoms with Crippen LogP contribution in [0.25, 0.3) is 0 Å². The van der Waals surface area contributed by atoms with Crippen molar-refractivity contribution in [1.29, 1.82) is 0 Å². The third-order valence-electron chi connectivity index (χ3n) is 2.56. The molecule has 1 heterocycles. The van der Waals surface area contributed by atoms with Crippen LogP contribution in [0.15, 0.2) is 12.3 Å². The number of anilines is 1. The first-order chi connectivity index (χ1) is 9.22. The number of aryl methyl sites for hydroxylation is 1. The van der Waals surface area contributed by atoms with Gasteiger partial charge in [0.1, 0.15) is 5.82 Å². The first-order valence-corrected chi connectivity index (χ1v) is 6.79. The molecule has 0 aliphatic carbocycles. The molecular formula is C13H25N3O3. The van der Waals surface area contributed by atoms with E-state index in [-0.39, 0.29) is 0 Å². The molecule has 6 heteroatoms. The van der Waals surface area contributed by atoms with Gasteiger partial charge in [-0.2, -0.15) is 5.10 Å². The van der Waals surface area contributed by atoms with E-state index in [1.54, 1.807) is 4.68 Å². The van der Waals surface area contributed by atoms with Crippen molar-refractivity contribution in [3.63, 3.8) is 0 Å². The maximum Gasteiger partial charge on any atom is 0.148 e. The third-order valence-corrected chi connectivity index (χ3v) is 2.56. The Kier molecular flexibility index (Phi) is 8.20. The lowest BCUT2D eigenvalue weighted by atomic mass is 10.4. The molecule has 0 fully saturated rings. The first kappa shape index (κ1) is 15.9. The Bertz CT molecular complexity index is 331. The van der Waals surface area contributed by atoms with Gasteiger partial charge in [-0.15, -0.1) is 0 Å². The highest BCUT2D eigenvalue weighted by Crippen LogP contribution is 2.00. The second kappa shape index (κ2) is 9.77. The van der Waals surface area contributed by atoms with E-state index in [1.807, 2.05) is 19.3 Å². The molecule has 6 nitrogen and oxygen atoms in total. The van der Waals surface area contributed by atoms with E-state index in [1.165, 1.54) is 0 Å². The zero-order valence-corrected chi connectivity index (χ0v) is 11.8. The molecule has 19 heavy (non-hydrogen) atoms.